The van der Waals surface area contributed by atoms with Crippen LogP contribution in [-0.2, 0) is 10.2 Å². The van der Waals surface area contributed by atoms with E-state index in [0.717, 1.165) is 22.3 Å². The number of carbonyl (C=O) groups is 1. The van der Waals surface area contributed by atoms with Gasteiger partial charge in [0.25, 0.3) is 0 Å². The van der Waals surface area contributed by atoms with Crippen LogP contribution >= 0.6 is 0 Å². The summed E-state index contributed by atoms with van der Waals surface area (Å²) in [6.07, 6.45) is 0. The maximum absolute atomic E-state index is 13.4. The van der Waals surface area contributed by atoms with Crippen LogP contribution in [0.2, 0.25) is 0 Å². The number of carbonyl (C=O) groups excluding carboxylic acids is 1. The smallest absolute Gasteiger partial charge is 0.182 e. The fraction of sp³-hybridized carbons (Fsp3) is 0.0455. The zero-order valence-electron chi connectivity index (χ0n) is 12.7. The van der Waals surface area contributed by atoms with Crippen LogP contribution < -0.4 is 0 Å². The minimum absolute atomic E-state index is 0.0658. The lowest BCUT2D eigenvalue weighted by atomic mass is 9.69. The predicted molar refractivity (Wildman–Crippen MR) is 93.2 cm³/mol. The van der Waals surface area contributed by atoms with Crippen molar-refractivity contribution in [2.75, 3.05) is 0 Å². The summed E-state index contributed by atoms with van der Waals surface area (Å²) in [6.45, 7) is 4.07. The summed E-state index contributed by atoms with van der Waals surface area (Å²) in [5.41, 5.74) is 3.74. The Morgan fingerprint density at radius 2 is 1.13 bits per heavy atom. The third kappa shape index (κ3) is 1.77. The first-order chi connectivity index (χ1) is 11.3. The van der Waals surface area contributed by atoms with Crippen LogP contribution in [0.5, 0.6) is 0 Å². The zero-order valence-corrected chi connectivity index (χ0v) is 12.7. The highest BCUT2D eigenvalue weighted by molar-refractivity contribution is 6.31. The zero-order chi connectivity index (χ0) is 15.9. The molecule has 23 heavy (non-hydrogen) atoms. The molecule has 0 saturated heterocycles. The highest BCUT2D eigenvalue weighted by Gasteiger charge is 2.50. The summed E-state index contributed by atoms with van der Waals surface area (Å²) in [6, 6.07) is 28.0. The second-order valence-corrected chi connectivity index (χ2v) is 5.84. The molecule has 0 spiro atoms. The molecule has 1 aliphatic carbocycles. The lowest BCUT2D eigenvalue weighted by Crippen LogP contribution is -2.34. The lowest BCUT2D eigenvalue weighted by molar-refractivity contribution is -0.116. The van der Waals surface area contributed by atoms with Gasteiger partial charge in [-0.3, -0.25) is 4.79 Å². The molecule has 0 amide bonds. The molecule has 110 valence electrons. The van der Waals surface area contributed by atoms with Gasteiger partial charge in [-0.25, -0.2) is 0 Å². The summed E-state index contributed by atoms with van der Waals surface area (Å²) in [5.74, 6) is 0.0658. The molecule has 0 saturated carbocycles. The van der Waals surface area contributed by atoms with Crippen molar-refractivity contribution in [1.82, 2.24) is 0 Å². The van der Waals surface area contributed by atoms with Crippen molar-refractivity contribution in [3.8, 4) is 0 Å². The highest BCUT2D eigenvalue weighted by Crippen LogP contribution is 2.50. The van der Waals surface area contributed by atoms with E-state index in [2.05, 4.69) is 6.58 Å². The van der Waals surface area contributed by atoms with Crippen LogP contribution in [0.25, 0.3) is 5.57 Å². The van der Waals surface area contributed by atoms with E-state index in [1.807, 2.05) is 84.9 Å². The van der Waals surface area contributed by atoms with Crippen molar-refractivity contribution in [3.05, 3.63) is 114 Å². The normalized spacial score (nSPS) is 15.5. The average molecular weight is 296 g/mol. The fourth-order valence-corrected chi connectivity index (χ4v) is 3.66. The molecule has 1 aliphatic rings. The van der Waals surface area contributed by atoms with Crippen molar-refractivity contribution >= 4 is 11.4 Å². The monoisotopic (exact) mass is 296 g/mol. The number of fused-ring (bicyclic) bond motifs is 1. The minimum Gasteiger partial charge on any atom is -0.292 e. The van der Waals surface area contributed by atoms with E-state index < -0.39 is 5.41 Å². The highest BCUT2D eigenvalue weighted by atomic mass is 16.1. The number of hydrogen-bond donors (Lipinski definition) is 0. The molecule has 3 aromatic carbocycles. The molecule has 3 aromatic rings. The summed E-state index contributed by atoms with van der Waals surface area (Å²) in [4.78, 5) is 13.4. The van der Waals surface area contributed by atoms with Crippen LogP contribution in [-0.4, -0.2) is 5.78 Å². The Labute approximate surface area is 135 Å². The Morgan fingerprint density at radius 3 is 1.70 bits per heavy atom. The molecular formula is C22H16O. The second-order valence-electron chi connectivity index (χ2n) is 5.84. The van der Waals surface area contributed by atoms with Crippen molar-refractivity contribution < 1.29 is 4.79 Å². The summed E-state index contributed by atoms with van der Waals surface area (Å²) in [5, 5.41) is 0. The van der Waals surface area contributed by atoms with Gasteiger partial charge in [0.15, 0.2) is 5.78 Å². The van der Waals surface area contributed by atoms with Gasteiger partial charge in [-0.15, -0.1) is 0 Å². The third-order valence-electron chi connectivity index (χ3n) is 4.68. The van der Waals surface area contributed by atoms with Crippen LogP contribution in [0.4, 0.5) is 0 Å². The van der Waals surface area contributed by atoms with Crippen molar-refractivity contribution in [1.29, 1.82) is 0 Å². The van der Waals surface area contributed by atoms with Crippen LogP contribution in [0.1, 0.15) is 22.3 Å². The number of hydrogen-bond acceptors (Lipinski definition) is 1. The van der Waals surface area contributed by atoms with Crippen LogP contribution in [0, 0.1) is 0 Å². The molecule has 0 unspecified atom stereocenters. The van der Waals surface area contributed by atoms with Gasteiger partial charge in [-0.2, -0.15) is 0 Å². The summed E-state index contributed by atoms with van der Waals surface area (Å²) < 4.78 is 0. The number of benzene rings is 3. The standard InChI is InChI=1S/C22H16O/c1-16-19-14-8-9-15-20(19)22(21(16)23,17-10-4-2-5-11-17)18-12-6-3-7-13-18/h2-15H,1H2. The number of Topliss-reactive ketones (excluding diaryl/α,β-unsaturated/α-hetero) is 1. The molecule has 0 N–H and O–H groups in total. The Hall–Kier alpha value is -2.93. The maximum atomic E-state index is 13.4. The first-order valence-electron chi connectivity index (χ1n) is 7.71. The first-order valence-corrected chi connectivity index (χ1v) is 7.71. The van der Waals surface area contributed by atoms with E-state index in [9.17, 15) is 4.79 Å². The summed E-state index contributed by atoms with van der Waals surface area (Å²) >= 11 is 0. The van der Waals surface area contributed by atoms with E-state index in [-0.39, 0.29) is 5.78 Å². The lowest BCUT2D eigenvalue weighted by Gasteiger charge is -2.30. The molecule has 1 nitrogen and oxygen atoms in total. The number of rotatable bonds is 2. The SMILES string of the molecule is C=C1C(=O)C(c2ccccc2)(c2ccccc2)c2ccccc21. The molecule has 0 aliphatic heterocycles. The van der Waals surface area contributed by atoms with Gasteiger partial charge in [0.1, 0.15) is 5.41 Å². The molecule has 0 radical (unpaired) electrons. The van der Waals surface area contributed by atoms with E-state index in [1.54, 1.807) is 0 Å². The quantitative estimate of drug-likeness (QED) is 0.631. The molecule has 0 fully saturated rings. The molecular weight excluding hydrogens is 280 g/mol. The van der Waals surface area contributed by atoms with Crippen LogP contribution in [0.15, 0.2) is 91.5 Å². The average Bonchev–Trinajstić information content (AvgIpc) is 2.86. The fourth-order valence-electron chi connectivity index (χ4n) is 3.66. The van der Waals surface area contributed by atoms with Crippen molar-refractivity contribution in [2.24, 2.45) is 0 Å². The Balaban J connectivity index is 2.14. The van der Waals surface area contributed by atoms with Gasteiger partial charge in [0, 0.05) is 5.57 Å². The van der Waals surface area contributed by atoms with Gasteiger partial charge in [0.2, 0.25) is 0 Å². The third-order valence-corrected chi connectivity index (χ3v) is 4.68. The van der Waals surface area contributed by atoms with E-state index >= 15 is 0 Å². The molecule has 0 aromatic heterocycles. The van der Waals surface area contributed by atoms with E-state index in [1.165, 1.54) is 0 Å². The van der Waals surface area contributed by atoms with E-state index in [4.69, 9.17) is 0 Å². The first kappa shape index (κ1) is 13.7. The van der Waals surface area contributed by atoms with Gasteiger partial charge >= 0.3 is 0 Å². The topological polar surface area (TPSA) is 17.1 Å². The molecule has 1 heteroatoms. The number of ketones is 1. The predicted octanol–water partition coefficient (Wildman–Crippen LogP) is 4.62. The second kappa shape index (κ2) is 5.06. The van der Waals surface area contributed by atoms with Gasteiger partial charge in [-0.1, -0.05) is 91.5 Å². The molecule has 0 atom stereocenters. The van der Waals surface area contributed by atoms with Crippen molar-refractivity contribution in [2.45, 2.75) is 5.41 Å². The molecule has 0 bridgehead atoms. The molecule has 0 heterocycles. The summed E-state index contributed by atoms with van der Waals surface area (Å²) in [7, 11) is 0. The van der Waals surface area contributed by atoms with Crippen molar-refractivity contribution in [3.63, 3.8) is 0 Å². The maximum Gasteiger partial charge on any atom is 0.182 e. The van der Waals surface area contributed by atoms with Gasteiger partial charge in [0.05, 0.1) is 0 Å². The minimum atomic E-state index is -0.795. The van der Waals surface area contributed by atoms with E-state index in [0.29, 0.717) is 5.57 Å². The van der Waals surface area contributed by atoms with Gasteiger partial charge in [-0.05, 0) is 22.3 Å². The largest absolute Gasteiger partial charge is 0.292 e. The Kier molecular flexibility index (Phi) is 3.02. The Morgan fingerprint density at radius 1 is 0.652 bits per heavy atom. The Bertz CT molecular complexity index is 852. The van der Waals surface area contributed by atoms with Gasteiger partial charge < -0.3 is 0 Å². The number of allylic oxidation sites excluding steroid dienone is 1. The molecule has 4 rings (SSSR count). The van der Waals surface area contributed by atoms with Crippen LogP contribution in [0.3, 0.4) is 0 Å².